The highest BCUT2D eigenvalue weighted by Crippen LogP contribution is 2.33. The lowest BCUT2D eigenvalue weighted by atomic mass is 9.95. The van der Waals surface area contributed by atoms with Crippen molar-refractivity contribution in [3.8, 4) is 0 Å². The molecule has 0 radical (unpaired) electrons. The first-order chi connectivity index (χ1) is 16.7. The molecule has 5 rings (SSSR count). The molecule has 1 saturated heterocycles. The molecule has 178 valence electrons. The Morgan fingerprint density at radius 2 is 1.91 bits per heavy atom. The van der Waals surface area contributed by atoms with Crippen LogP contribution in [0.3, 0.4) is 0 Å². The number of fused-ring (bicyclic) bond motifs is 1. The van der Waals surface area contributed by atoms with Crippen LogP contribution in [0, 0.1) is 18.8 Å². The van der Waals surface area contributed by atoms with E-state index in [1.54, 1.807) is 17.6 Å². The van der Waals surface area contributed by atoms with Gasteiger partial charge in [-0.15, -0.1) is 0 Å². The molecular weight excluding hydrogens is 440 g/mol. The molecule has 2 aliphatic rings. The van der Waals surface area contributed by atoms with Crippen LogP contribution in [0.2, 0.25) is 0 Å². The molecule has 1 saturated carbocycles. The van der Waals surface area contributed by atoms with Gasteiger partial charge in [0.2, 0.25) is 5.91 Å². The Hall–Kier alpha value is -2.70. The van der Waals surface area contributed by atoms with Gasteiger partial charge in [-0.05, 0) is 66.9 Å². The van der Waals surface area contributed by atoms with Gasteiger partial charge in [-0.3, -0.25) is 9.69 Å². The maximum Gasteiger partial charge on any atom is 0.244 e. The summed E-state index contributed by atoms with van der Waals surface area (Å²) in [6.07, 6.45) is 7.34. The molecule has 2 heterocycles. The highest BCUT2D eigenvalue weighted by molar-refractivity contribution is 7.13. The molecular formula is C28H34N4OS. The quantitative estimate of drug-likeness (QED) is 0.491. The van der Waals surface area contributed by atoms with Gasteiger partial charge in [-0.25, -0.2) is 0 Å². The first-order valence-electron chi connectivity index (χ1n) is 12.5. The average Bonchev–Trinajstić information content (AvgIpc) is 3.49. The summed E-state index contributed by atoms with van der Waals surface area (Å²) in [6.45, 7) is 8.23. The number of piperazine rings is 1. The van der Waals surface area contributed by atoms with Crippen LogP contribution >= 0.6 is 11.5 Å². The van der Waals surface area contributed by atoms with Gasteiger partial charge in [-0.1, -0.05) is 48.4 Å². The van der Waals surface area contributed by atoms with Crippen LogP contribution in [-0.4, -0.2) is 54.4 Å². The van der Waals surface area contributed by atoms with Crippen molar-refractivity contribution >= 4 is 39.4 Å². The zero-order valence-corrected chi connectivity index (χ0v) is 20.8. The van der Waals surface area contributed by atoms with E-state index in [-0.39, 0.29) is 5.91 Å². The van der Waals surface area contributed by atoms with E-state index in [1.807, 2.05) is 18.2 Å². The zero-order chi connectivity index (χ0) is 23.3. The van der Waals surface area contributed by atoms with Crippen LogP contribution in [0.4, 0.5) is 5.82 Å². The number of nitrogens with zero attached hydrogens (tertiary/aromatic N) is 3. The highest BCUT2D eigenvalue weighted by Gasteiger charge is 2.30. The van der Waals surface area contributed by atoms with Gasteiger partial charge in [0, 0.05) is 50.7 Å². The molecule has 2 atom stereocenters. The molecule has 0 unspecified atom stereocenters. The summed E-state index contributed by atoms with van der Waals surface area (Å²) >= 11 is 1.60. The number of amides is 1. The summed E-state index contributed by atoms with van der Waals surface area (Å²) in [7, 11) is 0. The number of rotatable bonds is 7. The van der Waals surface area contributed by atoms with Crippen LogP contribution in [0.1, 0.15) is 30.4 Å². The summed E-state index contributed by atoms with van der Waals surface area (Å²) in [5, 5.41) is 4.44. The Labute approximate surface area is 206 Å². The van der Waals surface area contributed by atoms with Crippen molar-refractivity contribution in [1.29, 1.82) is 0 Å². The van der Waals surface area contributed by atoms with Crippen LogP contribution < -0.4 is 10.2 Å². The number of nitrogens with one attached hydrogen (secondary N) is 1. The molecule has 1 aromatic heterocycles. The van der Waals surface area contributed by atoms with Crippen molar-refractivity contribution in [2.75, 3.05) is 44.2 Å². The molecule has 3 aromatic rings. The molecule has 1 amide bonds. The fourth-order valence-corrected chi connectivity index (χ4v) is 6.23. The third-order valence-electron chi connectivity index (χ3n) is 7.35. The van der Waals surface area contributed by atoms with Gasteiger partial charge in [0.15, 0.2) is 0 Å². The Balaban J connectivity index is 1.09. The minimum atomic E-state index is 0.0104. The molecule has 1 N–H and O–H groups in total. The van der Waals surface area contributed by atoms with E-state index < -0.39 is 0 Å². The normalized spacial score (nSPS) is 21.5. The third-order valence-corrected chi connectivity index (χ3v) is 8.16. The topological polar surface area (TPSA) is 48.5 Å². The molecule has 0 spiro atoms. The number of hydrogen-bond acceptors (Lipinski definition) is 5. The standard InChI is InChI=1S/C28H34N4OS/c1-21-6-4-7-22(18-21)12-13-27(33)29-19-23-8-5-9-24(23)20-31-14-16-32(17-15-31)28-25-10-2-3-11-26(25)34-30-28/h2-4,6-7,10-13,18,23-24H,5,8-9,14-17,19-20H2,1H3,(H,29,33)/b13-12+/t23-,24-/m1/s1. The first-order valence-corrected chi connectivity index (χ1v) is 13.3. The zero-order valence-electron chi connectivity index (χ0n) is 20.0. The summed E-state index contributed by atoms with van der Waals surface area (Å²) in [5.74, 6) is 2.42. The monoisotopic (exact) mass is 474 g/mol. The number of benzene rings is 2. The largest absolute Gasteiger partial charge is 0.353 e. The maximum absolute atomic E-state index is 12.4. The lowest BCUT2D eigenvalue weighted by molar-refractivity contribution is -0.116. The first kappa shape index (κ1) is 23.1. The van der Waals surface area contributed by atoms with Crippen molar-refractivity contribution in [3.63, 3.8) is 0 Å². The molecule has 0 bridgehead atoms. The van der Waals surface area contributed by atoms with Crippen molar-refractivity contribution in [3.05, 3.63) is 65.7 Å². The summed E-state index contributed by atoms with van der Waals surface area (Å²) in [4.78, 5) is 17.4. The smallest absolute Gasteiger partial charge is 0.244 e. The number of carbonyl (C=O) groups excluding carboxylic acids is 1. The second-order valence-electron chi connectivity index (χ2n) is 9.73. The summed E-state index contributed by atoms with van der Waals surface area (Å²) < 4.78 is 6.01. The number of aryl methyl sites for hydroxylation is 1. The van der Waals surface area contributed by atoms with Crippen molar-refractivity contribution in [2.24, 2.45) is 11.8 Å². The van der Waals surface area contributed by atoms with Crippen molar-refractivity contribution < 1.29 is 4.79 Å². The lowest BCUT2D eigenvalue weighted by Crippen LogP contribution is -2.48. The number of hydrogen-bond donors (Lipinski definition) is 1. The van der Waals surface area contributed by atoms with Gasteiger partial charge in [0.1, 0.15) is 5.82 Å². The fourth-order valence-electron chi connectivity index (χ4n) is 5.43. The van der Waals surface area contributed by atoms with Gasteiger partial charge >= 0.3 is 0 Å². The van der Waals surface area contributed by atoms with Gasteiger partial charge in [0.25, 0.3) is 0 Å². The van der Waals surface area contributed by atoms with E-state index in [0.717, 1.165) is 50.6 Å². The summed E-state index contributed by atoms with van der Waals surface area (Å²) in [6, 6.07) is 16.7. The van der Waals surface area contributed by atoms with Gasteiger partial charge < -0.3 is 10.2 Å². The van der Waals surface area contributed by atoms with E-state index >= 15 is 0 Å². The minimum Gasteiger partial charge on any atom is -0.353 e. The van der Waals surface area contributed by atoms with Crippen molar-refractivity contribution in [1.82, 2.24) is 14.6 Å². The average molecular weight is 475 g/mol. The fraction of sp³-hybridized carbons (Fsp3) is 0.429. The van der Waals surface area contributed by atoms with Crippen LogP contribution in [0.25, 0.3) is 16.2 Å². The van der Waals surface area contributed by atoms with Crippen LogP contribution in [-0.2, 0) is 4.79 Å². The second-order valence-corrected chi connectivity index (χ2v) is 10.5. The Kier molecular flexibility index (Phi) is 7.26. The van der Waals surface area contributed by atoms with E-state index in [1.165, 1.54) is 34.9 Å². The molecule has 1 aliphatic carbocycles. The molecule has 2 aromatic carbocycles. The van der Waals surface area contributed by atoms with Gasteiger partial charge in [0.05, 0.1) is 4.70 Å². The number of aromatic nitrogens is 1. The van der Waals surface area contributed by atoms with E-state index in [9.17, 15) is 4.79 Å². The minimum absolute atomic E-state index is 0.0104. The number of carbonyl (C=O) groups is 1. The molecule has 34 heavy (non-hydrogen) atoms. The van der Waals surface area contributed by atoms with Crippen molar-refractivity contribution in [2.45, 2.75) is 26.2 Å². The Bertz CT molecular complexity index is 1150. The predicted molar refractivity (Wildman–Crippen MR) is 142 cm³/mol. The molecule has 1 aliphatic heterocycles. The van der Waals surface area contributed by atoms with Gasteiger partial charge in [-0.2, -0.15) is 4.37 Å². The molecule has 6 heteroatoms. The lowest BCUT2D eigenvalue weighted by Gasteiger charge is -2.37. The third kappa shape index (κ3) is 5.50. The SMILES string of the molecule is Cc1cccc(/C=C/C(=O)NC[C@H]2CCC[C@@H]2CN2CCN(c3nsc4ccccc34)CC2)c1. The summed E-state index contributed by atoms with van der Waals surface area (Å²) in [5.41, 5.74) is 2.27. The second kappa shape index (κ2) is 10.7. The Morgan fingerprint density at radius 3 is 2.76 bits per heavy atom. The highest BCUT2D eigenvalue weighted by atomic mass is 32.1. The van der Waals surface area contributed by atoms with Crippen LogP contribution in [0.15, 0.2) is 54.6 Å². The van der Waals surface area contributed by atoms with E-state index in [0.29, 0.717) is 11.8 Å². The molecule has 5 nitrogen and oxygen atoms in total. The molecule has 2 fully saturated rings. The maximum atomic E-state index is 12.4. The Morgan fingerprint density at radius 1 is 1.09 bits per heavy atom. The predicted octanol–water partition coefficient (Wildman–Crippen LogP) is 4.97. The van der Waals surface area contributed by atoms with E-state index in [2.05, 4.69) is 58.4 Å². The number of anilines is 1. The van der Waals surface area contributed by atoms with E-state index in [4.69, 9.17) is 4.37 Å². The van der Waals surface area contributed by atoms with Crippen LogP contribution in [0.5, 0.6) is 0 Å².